The maximum Gasteiger partial charge on any atom is 0.258 e. The van der Waals surface area contributed by atoms with E-state index < -0.39 is 0 Å². The minimum Gasteiger partial charge on any atom is -0.490 e. The molecule has 0 aliphatic rings. The van der Waals surface area contributed by atoms with Gasteiger partial charge in [0.1, 0.15) is 0 Å². The number of para-hydroxylation sites is 3. The SMILES string of the molecule is CCCOc1ccccc1OCC(=O)NCc1c(C)nn(-c2ccccc2)c1C. The van der Waals surface area contributed by atoms with Gasteiger partial charge in [-0.1, -0.05) is 37.3 Å². The van der Waals surface area contributed by atoms with Crippen LogP contribution < -0.4 is 14.8 Å². The van der Waals surface area contributed by atoms with E-state index in [9.17, 15) is 4.79 Å². The normalized spacial score (nSPS) is 10.6. The zero-order valence-electron chi connectivity index (χ0n) is 17.1. The lowest BCUT2D eigenvalue weighted by Gasteiger charge is -2.12. The topological polar surface area (TPSA) is 65.4 Å². The Kier molecular flexibility index (Phi) is 6.89. The van der Waals surface area contributed by atoms with Crippen LogP contribution in [-0.4, -0.2) is 28.9 Å². The number of nitrogens with one attached hydrogen (secondary N) is 1. The second-order valence-corrected chi connectivity index (χ2v) is 6.76. The van der Waals surface area contributed by atoms with E-state index in [1.165, 1.54) is 0 Å². The molecule has 2 aromatic carbocycles. The molecule has 29 heavy (non-hydrogen) atoms. The molecule has 0 spiro atoms. The molecule has 0 fully saturated rings. The fourth-order valence-electron chi connectivity index (χ4n) is 3.03. The number of aryl methyl sites for hydroxylation is 1. The Morgan fingerprint density at radius 2 is 1.66 bits per heavy atom. The molecular formula is C23H27N3O3. The van der Waals surface area contributed by atoms with Gasteiger partial charge in [-0.15, -0.1) is 0 Å². The van der Waals surface area contributed by atoms with Gasteiger partial charge in [-0.25, -0.2) is 4.68 Å². The third-order valence-electron chi connectivity index (χ3n) is 4.57. The molecule has 0 saturated heterocycles. The van der Waals surface area contributed by atoms with Crippen LogP contribution in [0.3, 0.4) is 0 Å². The van der Waals surface area contributed by atoms with E-state index in [2.05, 4.69) is 10.4 Å². The van der Waals surface area contributed by atoms with E-state index in [0.717, 1.165) is 29.1 Å². The zero-order chi connectivity index (χ0) is 20.6. The van der Waals surface area contributed by atoms with Crippen LogP contribution >= 0.6 is 0 Å². The molecule has 0 saturated carbocycles. The highest BCUT2D eigenvalue weighted by Gasteiger charge is 2.14. The minimum atomic E-state index is -0.193. The van der Waals surface area contributed by atoms with Crippen molar-refractivity contribution in [1.29, 1.82) is 0 Å². The number of benzene rings is 2. The van der Waals surface area contributed by atoms with Crippen molar-refractivity contribution in [2.24, 2.45) is 0 Å². The molecule has 3 rings (SSSR count). The first-order chi connectivity index (χ1) is 14.1. The number of rotatable bonds is 9. The van der Waals surface area contributed by atoms with Crippen LogP contribution in [0, 0.1) is 13.8 Å². The number of ether oxygens (including phenoxy) is 2. The standard InChI is InChI=1S/C23H27N3O3/c1-4-14-28-21-12-8-9-13-22(21)29-16-23(27)24-15-20-17(2)25-26(18(20)3)19-10-6-5-7-11-19/h5-13H,4,14-16H2,1-3H3,(H,24,27). The molecule has 1 N–H and O–H groups in total. The summed E-state index contributed by atoms with van der Waals surface area (Å²) in [5.41, 5.74) is 3.91. The van der Waals surface area contributed by atoms with E-state index in [1.54, 1.807) is 6.07 Å². The Morgan fingerprint density at radius 1 is 1.00 bits per heavy atom. The van der Waals surface area contributed by atoms with E-state index in [4.69, 9.17) is 9.47 Å². The number of carbonyl (C=O) groups is 1. The van der Waals surface area contributed by atoms with Crippen molar-refractivity contribution in [3.8, 4) is 17.2 Å². The second-order valence-electron chi connectivity index (χ2n) is 6.76. The molecule has 6 heteroatoms. The van der Waals surface area contributed by atoms with Crippen LogP contribution in [0.15, 0.2) is 54.6 Å². The van der Waals surface area contributed by atoms with Gasteiger partial charge in [-0.3, -0.25) is 4.79 Å². The summed E-state index contributed by atoms with van der Waals surface area (Å²) in [4.78, 5) is 12.3. The Balaban J connectivity index is 1.59. The smallest absolute Gasteiger partial charge is 0.258 e. The van der Waals surface area contributed by atoms with E-state index in [1.807, 2.05) is 74.0 Å². The minimum absolute atomic E-state index is 0.0720. The first kappa shape index (κ1) is 20.5. The van der Waals surface area contributed by atoms with Crippen molar-refractivity contribution in [3.63, 3.8) is 0 Å². The fourth-order valence-corrected chi connectivity index (χ4v) is 3.03. The van der Waals surface area contributed by atoms with Crippen molar-refractivity contribution in [2.45, 2.75) is 33.7 Å². The van der Waals surface area contributed by atoms with Gasteiger partial charge in [0.15, 0.2) is 18.1 Å². The van der Waals surface area contributed by atoms with E-state index in [-0.39, 0.29) is 12.5 Å². The molecule has 152 valence electrons. The molecule has 0 aliphatic carbocycles. The van der Waals surface area contributed by atoms with Crippen LogP contribution in [0.5, 0.6) is 11.5 Å². The van der Waals surface area contributed by atoms with Crippen molar-refractivity contribution >= 4 is 5.91 Å². The zero-order valence-corrected chi connectivity index (χ0v) is 17.1. The maximum absolute atomic E-state index is 12.3. The number of hydrogen-bond donors (Lipinski definition) is 1. The van der Waals surface area contributed by atoms with E-state index in [0.29, 0.717) is 24.7 Å². The van der Waals surface area contributed by atoms with Crippen molar-refractivity contribution in [1.82, 2.24) is 15.1 Å². The van der Waals surface area contributed by atoms with E-state index >= 15 is 0 Å². The predicted molar refractivity (Wildman–Crippen MR) is 113 cm³/mol. The number of carbonyl (C=O) groups excluding carboxylic acids is 1. The molecule has 0 unspecified atom stereocenters. The molecule has 0 atom stereocenters. The number of aromatic nitrogens is 2. The van der Waals surface area contributed by atoms with Crippen molar-refractivity contribution in [2.75, 3.05) is 13.2 Å². The summed E-state index contributed by atoms with van der Waals surface area (Å²) in [5.74, 6) is 1.03. The van der Waals surface area contributed by atoms with Gasteiger partial charge in [0.25, 0.3) is 5.91 Å². The van der Waals surface area contributed by atoms with Gasteiger partial charge >= 0.3 is 0 Å². The lowest BCUT2D eigenvalue weighted by atomic mass is 10.2. The highest BCUT2D eigenvalue weighted by atomic mass is 16.5. The summed E-state index contributed by atoms with van der Waals surface area (Å²) in [6, 6.07) is 17.3. The molecule has 1 amide bonds. The van der Waals surface area contributed by atoms with Gasteiger partial charge in [0.2, 0.25) is 0 Å². The van der Waals surface area contributed by atoms with Gasteiger partial charge in [0.05, 0.1) is 18.0 Å². The number of amides is 1. The Hall–Kier alpha value is -3.28. The summed E-state index contributed by atoms with van der Waals surface area (Å²) >= 11 is 0. The Bertz CT molecular complexity index is 951. The van der Waals surface area contributed by atoms with Gasteiger partial charge in [0, 0.05) is 17.8 Å². The average Bonchev–Trinajstić information content (AvgIpc) is 3.03. The third kappa shape index (κ3) is 5.16. The molecule has 1 aromatic heterocycles. The van der Waals surface area contributed by atoms with Gasteiger partial charge in [-0.05, 0) is 44.5 Å². The number of nitrogens with zero attached hydrogens (tertiary/aromatic N) is 2. The molecule has 0 bridgehead atoms. The molecule has 6 nitrogen and oxygen atoms in total. The summed E-state index contributed by atoms with van der Waals surface area (Å²) in [6.07, 6.45) is 0.907. The Labute approximate surface area is 171 Å². The molecule has 3 aromatic rings. The first-order valence-corrected chi connectivity index (χ1v) is 9.82. The summed E-state index contributed by atoms with van der Waals surface area (Å²) in [6.45, 7) is 6.94. The van der Waals surface area contributed by atoms with Crippen LogP contribution in [0.2, 0.25) is 0 Å². The lowest BCUT2D eigenvalue weighted by Crippen LogP contribution is -2.28. The fraction of sp³-hybridized carbons (Fsp3) is 0.304. The Morgan fingerprint density at radius 3 is 2.34 bits per heavy atom. The predicted octanol–water partition coefficient (Wildman–Crippen LogP) is 3.97. The summed E-state index contributed by atoms with van der Waals surface area (Å²) in [5, 5.41) is 7.53. The maximum atomic E-state index is 12.3. The van der Waals surface area contributed by atoms with Crippen LogP contribution in [-0.2, 0) is 11.3 Å². The van der Waals surface area contributed by atoms with Crippen molar-refractivity contribution < 1.29 is 14.3 Å². The number of hydrogen-bond acceptors (Lipinski definition) is 4. The lowest BCUT2D eigenvalue weighted by molar-refractivity contribution is -0.123. The van der Waals surface area contributed by atoms with Gasteiger partial charge in [-0.2, -0.15) is 5.10 Å². The van der Waals surface area contributed by atoms with Crippen molar-refractivity contribution in [3.05, 3.63) is 71.5 Å². The third-order valence-corrected chi connectivity index (χ3v) is 4.57. The monoisotopic (exact) mass is 393 g/mol. The first-order valence-electron chi connectivity index (χ1n) is 9.82. The highest BCUT2D eigenvalue weighted by molar-refractivity contribution is 5.77. The molecule has 1 heterocycles. The highest BCUT2D eigenvalue weighted by Crippen LogP contribution is 2.26. The van der Waals surface area contributed by atoms with Crippen LogP contribution in [0.4, 0.5) is 0 Å². The summed E-state index contributed by atoms with van der Waals surface area (Å²) in [7, 11) is 0. The molecular weight excluding hydrogens is 366 g/mol. The largest absolute Gasteiger partial charge is 0.490 e. The van der Waals surface area contributed by atoms with Crippen LogP contribution in [0.25, 0.3) is 5.69 Å². The van der Waals surface area contributed by atoms with Gasteiger partial charge < -0.3 is 14.8 Å². The van der Waals surface area contributed by atoms with Crippen LogP contribution in [0.1, 0.15) is 30.3 Å². The second kappa shape index (κ2) is 9.78. The summed E-state index contributed by atoms with van der Waals surface area (Å²) < 4.78 is 13.2. The molecule has 0 radical (unpaired) electrons. The quantitative estimate of drug-likeness (QED) is 0.597. The molecule has 0 aliphatic heterocycles. The average molecular weight is 393 g/mol.